The van der Waals surface area contributed by atoms with Crippen LogP contribution in [0, 0.1) is 0 Å². The van der Waals surface area contributed by atoms with Crippen molar-refractivity contribution in [2.75, 3.05) is 26.2 Å². The van der Waals surface area contributed by atoms with E-state index in [4.69, 9.17) is 4.52 Å². The molecular weight excluding hydrogens is 326 g/mol. The molecule has 2 aromatic heterocycles. The Bertz CT molecular complexity index is 812. The van der Waals surface area contributed by atoms with Crippen molar-refractivity contribution < 1.29 is 4.52 Å². The molecule has 0 N–H and O–H groups in total. The first-order chi connectivity index (χ1) is 12.8. The van der Waals surface area contributed by atoms with Gasteiger partial charge in [-0.25, -0.2) is 0 Å². The van der Waals surface area contributed by atoms with Gasteiger partial charge in [-0.05, 0) is 19.1 Å². The summed E-state index contributed by atoms with van der Waals surface area (Å²) >= 11 is 0. The number of aromatic nitrogens is 3. The van der Waals surface area contributed by atoms with Crippen molar-refractivity contribution in [1.82, 2.24) is 24.9 Å². The molecule has 1 aliphatic rings. The molecule has 1 aromatic carbocycles. The zero-order chi connectivity index (χ0) is 17.8. The molecule has 134 valence electrons. The lowest BCUT2D eigenvalue weighted by molar-refractivity contribution is 0.0839. The highest BCUT2D eigenvalue weighted by Crippen LogP contribution is 2.23. The Hall–Kier alpha value is -2.57. The van der Waals surface area contributed by atoms with Gasteiger partial charge in [-0.2, -0.15) is 4.98 Å². The normalized spacial score (nSPS) is 17.3. The van der Waals surface area contributed by atoms with Gasteiger partial charge in [0.1, 0.15) is 0 Å². The molecule has 0 aliphatic carbocycles. The number of nitrogens with zero attached hydrogens (tertiary/aromatic N) is 5. The zero-order valence-electron chi connectivity index (χ0n) is 15.0. The average Bonchev–Trinajstić information content (AvgIpc) is 3.20. The van der Waals surface area contributed by atoms with Crippen molar-refractivity contribution >= 4 is 0 Å². The van der Waals surface area contributed by atoms with Crippen molar-refractivity contribution in [3.8, 4) is 11.4 Å². The number of pyridine rings is 1. The molecule has 0 saturated carbocycles. The fourth-order valence-electron chi connectivity index (χ4n) is 3.30. The number of piperazine rings is 1. The molecule has 0 unspecified atom stereocenters. The number of rotatable bonds is 5. The summed E-state index contributed by atoms with van der Waals surface area (Å²) in [5.74, 6) is 1.34. The molecule has 6 heteroatoms. The van der Waals surface area contributed by atoms with Crippen LogP contribution in [0.2, 0.25) is 0 Å². The van der Waals surface area contributed by atoms with Crippen LogP contribution in [0.3, 0.4) is 0 Å². The maximum absolute atomic E-state index is 5.53. The molecular formula is C20H23N5O. The number of benzene rings is 1. The lowest BCUT2D eigenvalue weighted by atomic mass is 10.2. The van der Waals surface area contributed by atoms with Crippen LogP contribution in [0.5, 0.6) is 0 Å². The molecule has 6 nitrogen and oxygen atoms in total. The van der Waals surface area contributed by atoms with Crippen LogP contribution in [0.4, 0.5) is 0 Å². The van der Waals surface area contributed by atoms with Gasteiger partial charge in [0.2, 0.25) is 11.7 Å². The van der Waals surface area contributed by atoms with Crippen LogP contribution in [-0.4, -0.2) is 51.1 Å². The smallest absolute Gasteiger partial charge is 0.244 e. The second-order valence-electron chi connectivity index (χ2n) is 6.63. The van der Waals surface area contributed by atoms with E-state index in [0.717, 1.165) is 44.0 Å². The van der Waals surface area contributed by atoms with E-state index in [0.29, 0.717) is 11.7 Å². The Morgan fingerprint density at radius 2 is 1.77 bits per heavy atom. The highest BCUT2D eigenvalue weighted by atomic mass is 16.5. The highest BCUT2D eigenvalue weighted by Gasteiger charge is 2.26. The molecule has 4 rings (SSSR count). The van der Waals surface area contributed by atoms with Crippen molar-refractivity contribution in [1.29, 1.82) is 0 Å². The summed E-state index contributed by atoms with van der Waals surface area (Å²) in [4.78, 5) is 13.9. The van der Waals surface area contributed by atoms with Crippen LogP contribution in [-0.2, 0) is 6.54 Å². The summed E-state index contributed by atoms with van der Waals surface area (Å²) in [5, 5.41) is 4.14. The second-order valence-corrected chi connectivity index (χ2v) is 6.63. The van der Waals surface area contributed by atoms with Crippen LogP contribution < -0.4 is 0 Å². The molecule has 0 bridgehead atoms. The van der Waals surface area contributed by atoms with Gasteiger partial charge in [0.25, 0.3) is 0 Å². The molecule has 0 amide bonds. The average molecular weight is 349 g/mol. The Morgan fingerprint density at radius 1 is 1.00 bits per heavy atom. The molecule has 3 heterocycles. The first-order valence-electron chi connectivity index (χ1n) is 9.05. The lowest BCUT2D eigenvalue weighted by Crippen LogP contribution is -2.46. The largest absolute Gasteiger partial charge is 0.337 e. The molecule has 0 spiro atoms. The number of hydrogen-bond donors (Lipinski definition) is 0. The Kier molecular flexibility index (Phi) is 5.04. The predicted octanol–water partition coefficient (Wildman–Crippen LogP) is 3.01. The fourth-order valence-corrected chi connectivity index (χ4v) is 3.30. The van der Waals surface area contributed by atoms with Crippen molar-refractivity contribution in [2.24, 2.45) is 0 Å². The van der Waals surface area contributed by atoms with Gasteiger partial charge >= 0.3 is 0 Å². The summed E-state index contributed by atoms with van der Waals surface area (Å²) in [6, 6.07) is 16.1. The van der Waals surface area contributed by atoms with Crippen molar-refractivity contribution in [2.45, 2.75) is 19.5 Å². The van der Waals surface area contributed by atoms with Crippen LogP contribution in [0.25, 0.3) is 11.4 Å². The molecule has 26 heavy (non-hydrogen) atoms. The van der Waals surface area contributed by atoms with Gasteiger partial charge < -0.3 is 4.52 Å². The second kappa shape index (κ2) is 7.76. The monoisotopic (exact) mass is 349 g/mol. The fraction of sp³-hybridized carbons (Fsp3) is 0.350. The maximum Gasteiger partial charge on any atom is 0.244 e. The Balaban J connectivity index is 1.35. The van der Waals surface area contributed by atoms with E-state index in [1.54, 1.807) is 0 Å². The van der Waals surface area contributed by atoms with Gasteiger partial charge in [-0.3, -0.25) is 14.8 Å². The predicted molar refractivity (Wildman–Crippen MR) is 99.2 cm³/mol. The Labute approximate surface area is 153 Å². The first kappa shape index (κ1) is 16.9. The van der Waals surface area contributed by atoms with E-state index in [1.807, 2.05) is 48.7 Å². The molecule has 1 aliphatic heterocycles. The van der Waals surface area contributed by atoms with E-state index >= 15 is 0 Å². The third-order valence-corrected chi connectivity index (χ3v) is 4.90. The SMILES string of the molecule is C[C@@H](c1nc(-c2ccccc2)no1)N1CCN(Cc2ccccn2)CC1. The van der Waals surface area contributed by atoms with Gasteiger partial charge in [0.15, 0.2) is 0 Å². The summed E-state index contributed by atoms with van der Waals surface area (Å²) < 4.78 is 5.53. The summed E-state index contributed by atoms with van der Waals surface area (Å²) in [5.41, 5.74) is 2.10. The van der Waals surface area contributed by atoms with Crippen LogP contribution in [0.1, 0.15) is 24.6 Å². The van der Waals surface area contributed by atoms with Gasteiger partial charge in [-0.15, -0.1) is 0 Å². The lowest BCUT2D eigenvalue weighted by Gasteiger charge is -2.36. The van der Waals surface area contributed by atoms with E-state index in [9.17, 15) is 0 Å². The third kappa shape index (κ3) is 3.81. The third-order valence-electron chi connectivity index (χ3n) is 4.90. The van der Waals surface area contributed by atoms with E-state index in [2.05, 4.69) is 37.9 Å². The minimum Gasteiger partial charge on any atom is -0.337 e. The maximum atomic E-state index is 5.53. The van der Waals surface area contributed by atoms with Gasteiger partial charge in [0.05, 0.1) is 11.7 Å². The minimum absolute atomic E-state index is 0.122. The topological polar surface area (TPSA) is 58.3 Å². The number of hydrogen-bond acceptors (Lipinski definition) is 6. The summed E-state index contributed by atoms with van der Waals surface area (Å²) in [7, 11) is 0. The van der Waals surface area contributed by atoms with Gasteiger partial charge in [0, 0.05) is 44.5 Å². The zero-order valence-corrected chi connectivity index (χ0v) is 15.0. The van der Waals surface area contributed by atoms with Crippen molar-refractivity contribution in [3.63, 3.8) is 0 Å². The standard InChI is InChI=1S/C20H23N5O/c1-16(20-22-19(23-26-20)17-7-3-2-4-8-17)25-13-11-24(12-14-25)15-18-9-5-6-10-21-18/h2-10,16H,11-15H2,1H3/t16-/m0/s1. The first-order valence-corrected chi connectivity index (χ1v) is 9.05. The molecule has 1 atom stereocenters. The quantitative estimate of drug-likeness (QED) is 0.706. The highest BCUT2D eigenvalue weighted by molar-refractivity contribution is 5.53. The van der Waals surface area contributed by atoms with E-state index < -0.39 is 0 Å². The summed E-state index contributed by atoms with van der Waals surface area (Å²) in [6.07, 6.45) is 1.85. The minimum atomic E-state index is 0.122. The molecule has 0 radical (unpaired) electrons. The summed E-state index contributed by atoms with van der Waals surface area (Å²) in [6.45, 7) is 7.04. The van der Waals surface area contributed by atoms with Gasteiger partial charge in [-0.1, -0.05) is 41.6 Å². The Morgan fingerprint density at radius 3 is 2.50 bits per heavy atom. The van der Waals surface area contributed by atoms with E-state index in [1.165, 1.54) is 0 Å². The molecule has 3 aromatic rings. The molecule has 1 fully saturated rings. The molecule has 1 saturated heterocycles. The van der Waals surface area contributed by atoms with Crippen molar-refractivity contribution in [3.05, 3.63) is 66.3 Å². The van der Waals surface area contributed by atoms with Crippen LogP contribution >= 0.6 is 0 Å². The van der Waals surface area contributed by atoms with E-state index in [-0.39, 0.29) is 6.04 Å². The van der Waals surface area contributed by atoms with Crippen LogP contribution in [0.15, 0.2) is 59.3 Å².